The summed E-state index contributed by atoms with van der Waals surface area (Å²) in [5.41, 5.74) is -0.411. The second-order valence-corrected chi connectivity index (χ2v) is 4.80. The number of esters is 1. The van der Waals surface area contributed by atoms with Gasteiger partial charge in [-0.3, -0.25) is 0 Å². The fourth-order valence-electron chi connectivity index (χ4n) is 1.27. The van der Waals surface area contributed by atoms with E-state index in [4.69, 9.17) is 4.74 Å². The Hall–Kier alpha value is -1.64. The number of alkyl halides is 1. The van der Waals surface area contributed by atoms with Gasteiger partial charge in [-0.15, -0.1) is 0 Å². The average molecular weight is 236 g/mol. The summed E-state index contributed by atoms with van der Waals surface area (Å²) in [6, 6.07) is 8.43. The molecule has 1 aromatic rings. The predicted molar refractivity (Wildman–Crippen MR) is 65.3 cm³/mol. The number of rotatable bonds is 3. The summed E-state index contributed by atoms with van der Waals surface area (Å²) in [5, 5.41) is 0. The molecule has 0 saturated carbocycles. The van der Waals surface area contributed by atoms with E-state index in [1.165, 1.54) is 0 Å². The van der Waals surface area contributed by atoms with E-state index in [0.717, 1.165) is 0 Å². The van der Waals surface area contributed by atoms with Gasteiger partial charge < -0.3 is 4.74 Å². The number of halogens is 1. The number of hydrogen-bond acceptors (Lipinski definition) is 2. The van der Waals surface area contributed by atoms with E-state index >= 15 is 0 Å². The summed E-state index contributed by atoms with van der Waals surface area (Å²) in [6.07, 6.45) is -1.52. The summed E-state index contributed by atoms with van der Waals surface area (Å²) < 4.78 is 19.0. The highest BCUT2D eigenvalue weighted by atomic mass is 19.1. The van der Waals surface area contributed by atoms with Crippen LogP contribution >= 0.6 is 0 Å². The Morgan fingerprint density at radius 1 is 1.29 bits per heavy atom. The summed E-state index contributed by atoms with van der Waals surface area (Å²) in [5.74, 6) is -0.700. The smallest absolute Gasteiger partial charge is 0.337 e. The van der Waals surface area contributed by atoms with E-state index < -0.39 is 17.7 Å². The molecule has 0 spiro atoms. The van der Waals surface area contributed by atoms with Crippen LogP contribution in [0.3, 0.4) is 0 Å². The Labute approximate surface area is 101 Å². The molecule has 0 aliphatic heterocycles. The minimum absolute atomic E-state index is 0.175. The van der Waals surface area contributed by atoms with E-state index in [1.54, 1.807) is 51.1 Å². The molecule has 2 nitrogen and oxygen atoms in total. The highest BCUT2D eigenvalue weighted by molar-refractivity contribution is 5.89. The highest BCUT2D eigenvalue weighted by Crippen LogP contribution is 2.26. The van der Waals surface area contributed by atoms with E-state index in [2.05, 4.69) is 6.58 Å². The van der Waals surface area contributed by atoms with Crippen LogP contribution in [0.25, 0.3) is 0 Å². The van der Waals surface area contributed by atoms with Gasteiger partial charge in [-0.05, 0) is 26.3 Å². The van der Waals surface area contributed by atoms with Crippen molar-refractivity contribution < 1.29 is 13.9 Å². The first-order chi connectivity index (χ1) is 7.81. The molecular formula is C14H17FO2. The zero-order valence-electron chi connectivity index (χ0n) is 10.4. The van der Waals surface area contributed by atoms with Crippen molar-refractivity contribution in [3.8, 4) is 0 Å². The maximum atomic E-state index is 14.0. The van der Waals surface area contributed by atoms with Crippen molar-refractivity contribution in [3.05, 3.63) is 48.0 Å². The lowest BCUT2D eigenvalue weighted by molar-refractivity contribution is -0.150. The van der Waals surface area contributed by atoms with Crippen LogP contribution in [0.4, 0.5) is 4.39 Å². The monoisotopic (exact) mass is 236 g/mol. The zero-order valence-corrected chi connectivity index (χ0v) is 10.4. The van der Waals surface area contributed by atoms with Crippen molar-refractivity contribution in [3.63, 3.8) is 0 Å². The van der Waals surface area contributed by atoms with Crippen LogP contribution in [0.2, 0.25) is 0 Å². The van der Waals surface area contributed by atoms with Crippen molar-refractivity contribution in [1.29, 1.82) is 0 Å². The molecule has 1 aromatic carbocycles. The first-order valence-electron chi connectivity index (χ1n) is 5.42. The Morgan fingerprint density at radius 3 is 2.29 bits per heavy atom. The van der Waals surface area contributed by atoms with E-state index in [0.29, 0.717) is 5.56 Å². The van der Waals surface area contributed by atoms with Gasteiger partial charge in [-0.25, -0.2) is 9.18 Å². The van der Waals surface area contributed by atoms with Gasteiger partial charge in [-0.2, -0.15) is 0 Å². The van der Waals surface area contributed by atoms with Crippen LogP contribution in [0.5, 0.6) is 0 Å². The molecule has 0 aliphatic rings. The minimum Gasteiger partial charge on any atom is -0.457 e. The third-order valence-corrected chi connectivity index (χ3v) is 2.06. The second kappa shape index (κ2) is 5.13. The third kappa shape index (κ3) is 4.02. The molecule has 0 aliphatic carbocycles. The third-order valence-electron chi connectivity index (χ3n) is 2.06. The number of ether oxygens (including phenoxy) is 1. The molecule has 0 heterocycles. The predicted octanol–water partition coefficient (Wildman–Crippen LogP) is 3.60. The van der Waals surface area contributed by atoms with Crippen LogP contribution in [-0.2, 0) is 9.53 Å². The van der Waals surface area contributed by atoms with Gasteiger partial charge in [0.05, 0.1) is 5.57 Å². The van der Waals surface area contributed by atoms with Crippen LogP contribution in [0, 0.1) is 0 Å². The normalized spacial score (nSPS) is 12.9. The van der Waals surface area contributed by atoms with Crippen LogP contribution in [0.1, 0.15) is 32.5 Å². The molecule has 0 radical (unpaired) electrons. The lowest BCUT2D eigenvalue weighted by Gasteiger charge is -2.21. The summed E-state index contributed by atoms with van der Waals surface area (Å²) in [4.78, 5) is 11.6. The second-order valence-electron chi connectivity index (χ2n) is 4.80. The van der Waals surface area contributed by atoms with Gasteiger partial charge in [-0.1, -0.05) is 36.9 Å². The standard InChI is InChI=1S/C14H17FO2/c1-10(13(16)17-14(2,3)4)12(15)11-8-6-5-7-9-11/h5-9,12H,1H2,2-4H3/t12-/m0/s1. The Bertz CT molecular complexity index is 404. The lowest BCUT2D eigenvalue weighted by atomic mass is 10.0. The summed E-state index contributed by atoms with van der Waals surface area (Å²) in [7, 11) is 0. The van der Waals surface area contributed by atoms with Gasteiger partial charge >= 0.3 is 5.97 Å². The zero-order chi connectivity index (χ0) is 13.1. The van der Waals surface area contributed by atoms with E-state index in [9.17, 15) is 9.18 Å². The number of hydrogen-bond donors (Lipinski definition) is 0. The Kier molecular flexibility index (Phi) is 4.05. The molecule has 0 amide bonds. The fraction of sp³-hybridized carbons (Fsp3) is 0.357. The maximum absolute atomic E-state index is 14.0. The van der Waals surface area contributed by atoms with Gasteiger partial charge in [0.15, 0.2) is 6.17 Å². The van der Waals surface area contributed by atoms with Crippen molar-refractivity contribution in [2.24, 2.45) is 0 Å². The highest BCUT2D eigenvalue weighted by Gasteiger charge is 2.25. The van der Waals surface area contributed by atoms with Gasteiger partial charge in [0.2, 0.25) is 0 Å². The van der Waals surface area contributed by atoms with Crippen molar-refractivity contribution >= 4 is 5.97 Å². The summed E-state index contributed by atoms with van der Waals surface area (Å²) >= 11 is 0. The van der Waals surface area contributed by atoms with Crippen molar-refractivity contribution in [2.45, 2.75) is 32.5 Å². The molecule has 1 atom stereocenters. The average Bonchev–Trinajstić information content (AvgIpc) is 2.26. The van der Waals surface area contributed by atoms with E-state index in [1.807, 2.05) is 0 Å². The molecule has 0 fully saturated rings. The fourth-order valence-corrected chi connectivity index (χ4v) is 1.27. The van der Waals surface area contributed by atoms with Crippen molar-refractivity contribution in [1.82, 2.24) is 0 Å². The van der Waals surface area contributed by atoms with Gasteiger partial charge in [0, 0.05) is 0 Å². The van der Waals surface area contributed by atoms with Gasteiger partial charge in [0.1, 0.15) is 5.60 Å². The molecule has 1 rings (SSSR count). The molecule has 3 heteroatoms. The number of carbonyl (C=O) groups excluding carboxylic acids is 1. The molecule has 0 unspecified atom stereocenters. The minimum atomic E-state index is -1.52. The molecule has 0 bridgehead atoms. The van der Waals surface area contributed by atoms with Crippen LogP contribution in [0.15, 0.2) is 42.5 Å². The molecule has 0 aromatic heterocycles. The number of carbonyl (C=O) groups is 1. The van der Waals surface area contributed by atoms with E-state index in [-0.39, 0.29) is 5.57 Å². The Balaban J connectivity index is 2.74. The van der Waals surface area contributed by atoms with Crippen LogP contribution in [-0.4, -0.2) is 11.6 Å². The topological polar surface area (TPSA) is 26.3 Å². The Morgan fingerprint density at radius 2 is 1.82 bits per heavy atom. The van der Waals surface area contributed by atoms with Gasteiger partial charge in [0.25, 0.3) is 0 Å². The number of benzene rings is 1. The molecule has 92 valence electrons. The van der Waals surface area contributed by atoms with Crippen molar-refractivity contribution in [2.75, 3.05) is 0 Å². The molecule has 0 N–H and O–H groups in total. The molecular weight excluding hydrogens is 219 g/mol. The maximum Gasteiger partial charge on any atom is 0.337 e. The van der Waals surface area contributed by atoms with Crippen LogP contribution < -0.4 is 0 Å². The largest absolute Gasteiger partial charge is 0.457 e. The first-order valence-corrected chi connectivity index (χ1v) is 5.42. The summed E-state index contributed by atoms with van der Waals surface area (Å²) in [6.45, 7) is 8.66. The first kappa shape index (κ1) is 13.4. The molecule has 0 saturated heterocycles. The molecule has 17 heavy (non-hydrogen) atoms. The SMILES string of the molecule is C=C(C(=O)OC(C)(C)C)[C@H](F)c1ccccc1. The quantitative estimate of drug-likeness (QED) is 0.592. The lowest BCUT2D eigenvalue weighted by Crippen LogP contribution is -2.25.